The molecule has 0 fully saturated rings. The average molecular weight is 191 g/mol. The average Bonchev–Trinajstić information content (AvgIpc) is 2.13. The molecule has 0 unspecified atom stereocenters. The minimum absolute atomic E-state index is 0.00463. The second kappa shape index (κ2) is 2.18. The third kappa shape index (κ3) is 1.10. The normalized spacial score (nSPS) is 9.44. The fraction of sp³-hybridized carbons (Fsp3) is 0. The Morgan fingerprint density at radius 3 is 2.67 bits per heavy atom. The monoisotopic (exact) mass is 190 g/mol. The molecule has 4 nitrogen and oxygen atoms in total. The molecule has 0 aliphatic rings. The van der Waals surface area contributed by atoms with E-state index in [4.69, 9.17) is 0 Å². The molecule has 0 atom stereocenters. The van der Waals surface area contributed by atoms with Crippen molar-refractivity contribution in [3.63, 3.8) is 0 Å². The Morgan fingerprint density at radius 1 is 1.78 bits per heavy atom. The third-order valence-corrected chi connectivity index (χ3v) is 1.50. The number of aromatic amines is 1. The van der Waals surface area contributed by atoms with Gasteiger partial charge in [0.1, 0.15) is 4.47 Å². The lowest BCUT2D eigenvalue weighted by molar-refractivity contribution is -0.390. The van der Waals surface area contributed by atoms with Crippen molar-refractivity contribution in [2.75, 3.05) is 0 Å². The molecule has 0 aromatic carbocycles. The smallest absolute Gasteiger partial charge is 0.335 e. The number of halogens is 1. The van der Waals surface area contributed by atoms with E-state index in [1.165, 1.54) is 6.20 Å². The summed E-state index contributed by atoms with van der Waals surface area (Å²) in [6.07, 6.45) is 1.50. The maximum absolute atomic E-state index is 10.0. The van der Waals surface area contributed by atoms with Gasteiger partial charge in [0.05, 0.1) is 6.20 Å². The van der Waals surface area contributed by atoms with E-state index in [1.54, 1.807) is 6.07 Å². The van der Waals surface area contributed by atoms with Crippen molar-refractivity contribution in [3.8, 4) is 0 Å². The minimum Gasteiger partial charge on any atom is -0.358 e. The quantitative estimate of drug-likeness (QED) is 0.542. The largest absolute Gasteiger partial charge is 0.358 e. The Labute approximate surface area is 59.2 Å². The highest BCUT2D eigenvalue weighted by Gasteiger charge is 2.08. The number of aromatic nitrogens is 1. The van der Waals surface area contributed by atoms with Gasteiger partial charge in [-0.3, -0.25) is 0 Å². The molecule has 1 heterocycles. The first-order valence-corrected chi connectivity index (χ1v) is 2.98. The summed E-state index contributed by atoms with van der Waals surface area (Å²) in [5.41, 5.74) is 0. The van der Waals surface area contributed by atoms with Crippen molar-refractivity contribution in [1.82, 2.24) is 4.98 Å². The van der Waals surface area contributed by atoms with E-state index in [0.717, 1.165) is 0 Å². The standard InChI is InChI=1S/C4H3BrN2O2/c5-3-1-2-6-4(3)7(8)9/h1-2,6H. The molecular formula is C4H3BrN2O2. The summed E-state index contributed by atoms with van der Waals surface area (Å²) < 4.78 is 0.479. The lowest BCUT2D eigenvalue weighted by Crippen LogP contribution is -1.86. The number of nitrogens with zero attached hydrogens (tertiary/aromatic N) is 1. The summed E-state index contributed by atoms with van der Waals surface area (Å²) in [6, 6.07) is 1.58. The Morgan fingerprint density at radius 2 is 2.44 bits per heavy atom. The van der Waals surface area contributed by atoms with Gasteiger partial charge in [0.2, 0.25) is 0 Å². The molecule has 0 saturated heterocycles. The van der Waals surface area contributed by atoms with Gasteiger partial charge in [-0.2, -0.15) is 0 Å². The second-order valence-electron chi connectivity index (χ2n) is 1.43. The van der Waals surface area contributed by atoms with Crippen LogP contribution < -0.4 is 0 Å². The Balaban J connectivity index is 3.08. The minimum atomic E-state index is -0.482. The number of hydrogen-bond acceptors (Lipinski definition) is 2. The second-order valence-corrected chi connectivity index (χ2v) is 2.29. The molecule has 5 heteroatoms. The first-order chi connectivity index (χ1) is 4.22. The molecule has 0 aliphatic heterocycles. The lowest BCUT2D eigenvalue weighted by atomic mass is 10.6. The summed E-state index contributed by atoms with van der Waals surface area (Å²) in [5, 5.41) is 10.0. The molecule has 1 N–H and O–H groups in total. The zero-order valence-electron chi connectivity index (χ0n) is 4.30. The molecular weight excluding hydrogens is 188 g/mol. The van der Waals surface area contributed by atoms with E-state index >= 15 is 0 Å². The van der Waals surface area contributed by atoms with E-state index in [2.05, 4.69) is 20.9 Å². The highest BCUT2D eigenvalue weighted by Crippen LogP contribution is 2.21. The van der Waals surface area contributed by atoms with Gasteiger partial charge in [-0.1, -0.05) is 0 Å². The summed E-state index contributed by atoms with van der Waals surface area (Å²) in [5.74, 6) is -0.00463. The Bertz CT molecular complexity index is 232. The van der Waals surface area contributed by atoms with Gasteiger partial charge in [0, 0.05) is 0 Å². The van der Waals surface area contributed by atoms with Crippen LogP contribution in [0.1, 0.15) is 0 Å². The first-order valence-electron chi connectivity index (χ1n) is 2.19. The summed E-state index contributed by atoms with van der Waals surface area (Å²) in [4.78, 5) is 12.0. The van der Waals surface area contributed by atoms with Crippen LogP contribution in [-0.2, 0) is 0 Å². The fourth-order valence-electron chi connectivity index (χ4n) is 0.482. The van der Waals surface area contributed by atoms with Crippen LogP contribution in [0.5, 0.6) is 0 Å². The molecule has 0 spiro atoms. The number of nitro groups is 1. The van der Waals surface area contributed by atoms with Crippen LogP contribution in [0.3, 0.4) is 0 Å². The van der Waals surface area contributed by atoms with Crippen LogP contribution in [0.4, 0.5) is 5.82 Å². The highest BCUT2D eigenvalue weighted by molar-refractivity contribution is 9.10. The lowest BCUT2D eigenvalue weighted by Gasteiger charge is -1.87. The van der Waals surface area contributed by atoms with Gasteiger partial charge < -0.3 is 10.1 Å². The van der Waals surface area contributed by atoms with Gasteiger partial charge >= 0.3 is 5.82 Å². The van der Waals surface area contributed by atoms with Crippen LogP contribution in [0.15, 0.2) is 16.7 Å². The van der Waals surface area contributed by atoms with E-state index < -0.39 is 4.92 Å². The summed E-state index contributed by atoms with van der Waals surface area (Å²) in [7, 11) is 0. The van der Waals surface area contributed by atoms with Gasteiger partial charge in [0.15, 0.2) is 0 Å². The topological polar surface area (TPSA) is 58.9 Å². The van der Waals surface area contributed by atoms with E-state index in [0.29, 0.717) is 4.47 Å². The van der Waals surface area contributed by atoms with Crippen molar-refractivity contribution in [3.05, 3.63) is 26.9 Å². The zero-order valence-corrected chi connectivity index (χ0v) is 5.88. The molecule has 1 aromatic rings. The molecule has 1 aromatic heterocycles. The van der Waals surface area contributed by atoms with Crippen molar-refractivity contribution >= 4 is 21.7 Å². The van der Waals surface area contributed by atoms with E-state index in [9.17, 15) is 10.1 Å². The molecule has 1 rings (SSSR count). The van der Waals surface area contributed by atoms with Gasteiger partial charge in [-0.05, 0) is 26.9 Å². The summed E-state index contributed by atoms with van der Waals surface area (Å²) in [6.45, 7) is 0. The van der Waals surface area contributed by atoms with Crippen molar-refractivity contribution in [2.24, 2.45) is 0 Å². The first kappa shape index (κ1) is 6.28. The predicted molar refractivity (Wildman–Crippen MR) is 35.1 cm³/mol. The van der Waals surface area contributed by atoms with Crippen LogP contribution in [-0.4, -0.2) is 9.91 Å². The molecule has 0 radical (unpaired) electrons. The molecule has 0 aliphatic carbocycles. The molecule has 0 bridgehead atoms. The number of H-pyrrole nitrogens is 1. The third-order valence-electron chi connectivity index (χ3n) is 0.859. The molecule has 48 valence electrons. The molecule has 0 saturated carbocycles. The van der Waals surface area contributed by atoms with Crippen LogP contribution in [0.2, 0.25) is 0 Å². The predicted octanol–water partition coefficient (Wildman–Crippen LogP) is 1.69. The highest BCUT2D eigenvalue weighted by atomic mass is 79.9. The van der Waals surface area contributed by atoms with Gasteiger partial charge in [-0.15, -0.1) is 0 Å². The Kier molecular flexibility index (Phi) is 1.52. The summed E-state index contributed by atoms with van der Waals surface area (Å²) >= 11 is 2.99. The van der Waals surface area contributed by atoms with E-state index in [-0.39, 0.29) is 5.82 Å². The number of rotatable bonds is 1. The van der Waals surface area contributed by atoms with Crippen molar-refractivity contribution in [1.29, 1.82) is 0 Å². The maximum atomic E-state index is 10.0. The molecule has 9 heavy (non-hydrogen) atoms. The molecule has 0 amide bonds. The van der Waals surface area contributed by atoms with Crippen LogP contribution in [0.25, 0.3) is 0 Å². The number of nitrogens with one attached hydrogen (secondary N) is 1. The number of hydrogen-bond donors (Lipinski definition) is 1. The van der Waals surface area contributed by atoms with Gasteiger partial charge in [0.25, 0.3) is 0 Å². The Hall–Kier alpha value is -0.840. The van der Waals surface area contributed by atoms with Gasteiger partial charge in [-0.25, -0.2) is 4.98 Å². The van der Waals surface area contributed by atoms with Crippen molar-refractivity contribution in [2.45, 2.75) is 0 Å². The maximum Gasteiger partial charge on any atom is 0.335 e. The SMILES string of the molecule is O=[N+]([O-])c1[nH]ccc1Br. The van der Waals surface area contributed by atoms with Crippen molar-refractivity contribution < 1.29 is 4.92 Å². The van der Waals surface area contributed by atoms with Crippen LogP contribution >= 0.6 is 15.9 Å². The fourth-order valence-corrected chi connectivity index (χ4v) is 0.873. The zero-order chi connectivity index (χ0) is 6.85. The van der Waals surface area contributed by atoms with Crippen LogP contribution in [0, 0.1) is 10.1 Å². The van der Waals surface area contributed by atoms with E-state index in [1.807, 2.05) is 0 Å².